The standard InChI is InChI=1S/C31H30N4O4/c1-20(2)15-28(35-19-33-26-14-7-6-13-25(26)31(35)38)30(37)34-27(17-29(36)39-3)22-11-8-10-21(16-22)24-12-5-4-9-23(24)18-32/h4-14,16,19-20,27-28H,15,17H2,1-3H3,(H,34,37). The van der Waals surface area contributed by atoms with Gasteiger partial charge in [0.25, 0.3) is 5.56 Å². The molecule has 0 bridgehead atoms. The van der Waals surface area contributed by atoms with E-state index in [1.165, 1.54) is 18.0 Å². The molecule has 2 unspecified atom stereocenters. The van der Waals surface area contributed by atoms with Crippen molar-refractivity contribution < 1.29 is 14.3 Å². The molecule has 0 radical (unpaired) electrons. The van der Waals surface area contributed by atoms with Crippen molar-refractivity contribution in [2.45, 2.75) is 38.8 Å². The zero-order chi connectivity index (χ0) is 27.9. The minimum absolute atomic E-state index is 0.101. The fraction of sp³-hybridized carbons (Fsp3) is 0.258. The third kappa shape index (κ3) is 6.21. The summed E-state index contributed by atoms with van der Waals surface area (Å²) in [4.78, 5) is 43.9. The molecular formula is C31H30N4O4. The average Bonchev–Trinajstić information content (AvgIpc) is 2.96. The van der Waals surface area contributed by atoms with Crippen molar-refractivity contribution in [2.24, 2.45) is 5.92 Å². The Morgan fingerprint density at radius 2 is 1.79 bits per heavy atom. The average molecular weight is 523 g/mol. The van der Waals surface area contributed by atoms with Gasteiger partial charge < -0.3 is 10.1 Å². The van der Waals surface area contributed by atoms with E-state index in [4.69, 9.17) is 4.74 Å². The Hall–Kier alpha value is -4.77. The molecule has 1 amide bonds. The number of hydrogen-bond acceptors (Lipinski definition) is 6. The number of aromatic nitrogens is 2. The van der Waals surface area contributed by atoms with E-state index in [0.717, 1.165) is 11.1 Å². The van der Waals surface area contributed by atoms with E-state index < -0.39 is 24.0 Å². The van der Waals surface area contributed by atoms with Crippen molar-refractivity contribution in [1.82, 2.24) is 14.9 Å². The first-order valence-corrected chi connectivity index (χ1v) is 12.7. The van der Waals surface area contributed by atoms with E-state index in [0.29, 0.717) is 28.5 Å². The molecule has 198 valence electrons. The van der Waals surface area contributed by atoms with Crippen molar-refractivity contribution in [2.75, 3.05) is 7.11 Å². The van der Waals surface area contributed by atoms with Gasteiger partial charge in [0, 0.05) is 0 Å². The summed E-state index contributed by atoms with van der Waals surface area (Å²) in [7, 11) is 1.29. The zero-order valence-electron chi connectivity index (χ0n) is 22.1. The fourth-order valence-corrected chi connectivity index (χ4v) is 4.62. The second-order valence-corrected chi connectivity index (χ2v) is 9.74. The van der Waals surface area contributed by atoms with Gasteiger partial charge in [0.15, 0.2) is 0 Å². The molecule has 0 aliphatic rings. The van der Waals surface area contributed by atoms with E-state index in [1.807, 2.05) is 50.2 Å². The lowest BCUT2D eigenvalue weighted by atomic mass is 9.95. The molecule has 1 N–H and O–H groups in total. The van der Waals surface area contributed by atoms with Gasteiger partial charge in [-0.3, -0.25) is 19.0 Å². The SMILES string of the molecule is COC(=O)CC(NC(=O)C(CC(C)C)n1cnc2ccccc2c1=O)c1cccc(-c2ccccc2C#N)c1. The number of hydrogen-bond donors (Lipinski definition) is 1. The molecule has 1 aromatic heterocycles. The highest BCUT2D eigenvalue weighted by Gasteiger charge is 2.28. The van der Waals surface area contributed by atoms with Crippen molar-refractivity contribution in [1.29, 1.82) is 5.26 Å². The first-order chi connectivity index (χ1) is 18.8. The number of para-hydroxylation sites is 1. The number of fused-ring (bicyclic) bond motifs is 1. The van der Waals surface area contributed by atoms with Crippen molar-refractivity contribution in [3.05, 3.63) is 101 Å². The Kier molecular flexibility index (Phi) is 8.52. The highest BCUT2D eigenvalue weighted by atomic mass is 16.5. The van der Waals surface area contributed by atoms with Gasteiger partial charge in [-0.15, -0.1) is 0 Å². The van der Waals surface area contributed by atoms with Gasteiger partial charge in [-0.05, 0) is 53.3 Å². The summed E-state index contributed by atoms with van der Waals surface area (Å²) >= 11 is 0. The number of nitriles is 1. The van der Waals surface area contributed by atoms with Gasteiger partial charge in [0.05, 0.1) is 48.4 Å². The second kappa shape index (κ2) is 12.2. The maximum atomic E-state index is 13.8. The third-order valence-corrected chi connectivity index (χ3v) is 6.59. The minimum atomic E-state index is -0.836. The molecule has 1 heterocycles. The molecular weight excluding hydrogens is 492 g/mol. The van der Waals surface area contributed by atoms with E-state index in [-0.39, 0.29) is 17.9 Å². The number of esters is 1. The maximum Gasteiger partial charge on any atom is 0.307 e. The summed E-state index contributed by atoms with van der Waals surface area (Å²) in [5.41, 5.74) is 2.97. The number of ether oxygens (including phenoxy) is 1. The van der Waals surface area contributed by atoms with Crippen LogP contribution in [0.25, 0.3) is 22.0 Å². The van der Waals surface area contributed by atoms with Crippen LogP contribution in [0.15, 0.2) is 83.9 Å². The molecule has 0 aliphatic heterocycles. The molecule has 0 spiro atoms. The molecule has 8 nitrogen and oxygen atoms in total. The first-order valence-electron chi connectivity index (χ1n) is 12.7. The lowest BCUT2D eigenvalue weighted by Crippen LogP contribution is -2.40. The number of rotatable bonds is 9. The quantitative estimate of drug-likeness (QED) is 0.311. The van der Waals surface area contributed by atoms with Crippen LogP contribution in [0, 0.1) is 17.2 Å². The normalized spacial score (nSPS) is 12.5. The summed E-state index contributed by atoms with van der Waals surface area (Å²) < 4.78 is 6.28. The number of methoxy groups -OCH3 is 1. The molecule has 2 atom stereocenters. The summed E-state index contributed by atoms with van der Waals surface area (Å²) in [5.74, 6) is -0.795. The predicted octanol–water partition coefficient (Wildman–Crippen LogP) is 4.94. The topological polar surface area (TPSA) is 114 Å². The van der Waals surface area contributed by atoms with Crippen molar-refractivity contribution >= 4 is 22.8 Å². The van der Waals surface area contributed by atoms with E-state index >= 15 is 0 Å². The molecule has 0 aliphatic carbocycles. The monoisotopic (exact) mass is 522 g/mol. The fourth-order valence-electron chi connectivity index (χ4n) is 4.62. The molecule has 39 heavy (non-hydrogen) atoms. The van der Waals surface area contributed by atoms with Crippen LogP contribution in [-0.2, 0) is 14.3 Å². The Labute approximate surface area is 226 Å². The number of benzene rings is 3. The molecule has 4 rings (SSSR count). The molecule has 3 aromatic carbocycles. The molecule has 0 fully saturated rings. The second-order valence-electron chi connectivity index (χ2n) is 9.74. The summed E-state index contributed by atoms with van der Waals surface area (Å²) in [5, 5.41) is 13.0. The van der Waals surface area contributed by atoms with Crippen LogP contribution in [0.5, 0.6) is 0 Å². The Balaban J connectivity index is 1.72. The number of nitrogens with zero attached hydrogens (tertiary/aromatic N) is 3. The predicted molar refractivity (Wildman–Crippen MR) is 149 cm³/mol. The summed E-state index contributed by atoms with van der Waals surface area (Å²) in [6.45, 7) is 3.95. The van der Waals surface area contributed by atoms with Crippen LogP contribution >= 0.6 is 0 Å². The highest BCUT2D eigenvalue weighted by molar-refractivity contribution is 5.83. The molecule has 0 saturated carbocycles. The van der Waals surface area contributed by atoms with E-state index in [2.05, 4.69) is 16.4 Å². The first kappa shape index (κ1) is 27.3. The van der Waals surface area contributed by atoms with Gasteiger partial charge in [0.2, 0.25) is 5.91 Å². The Bertz CT molecular complexity index is 1600. The van der Waals surface area contributed by atoms with Crippen LogP contribution < -0.4 is 10.9 Å². The Morgan fingerprint density at radius 1 is 1.05 bits per heavy atom. The van der Waals surface area contributed by atoms with Gasteiger partial charge in [0.1, 0.15) is 6.04 Å². The Morgan fingerprint density at radius 3 is 2.54 bits per heavy atom. The van der Waals surface area contributed by atoms with Gasteiger partial charge >= 0.3 is 5.97 Å². The van der Waals surface area contributed by atoms with Crippen LogP contribution in [0.4, 0.5) is 0 Å². The smallest absolute Gasteiger partial charge is 0.307 e. The lowest BCUT2D eigenvalue weighted by molar-refractivity contribution is -0.141. The summed E-state index contributed by atoms with van der Waals surface area (Å²) in [6, 6.07) is 22.2. The van der Waals surface area contributed by atoms with Crippen molar-refractivity contribution in [3.8, 4) is 17.2 Å². The summed E-state index contributed by atoms with van der Waals surface area (Å²) in [6.07, 6.45) is 1.70. The van der Waals surface area contributed by atoms with Gasteiger partial charge in [-0.1, -0.05) is 62.4 Å². The van der Waals surface area contributed by atoms with Gasteiger partial charge in [-0.2, -0.15) is 5.26 Å². The van der Waals surface area contributed by atoms with Crippen LogP contribution in [-0.4, -0.2) is 28.5 Å². The molecule has 0 saturated heterocycles. The number of carbonyl (C=O) groups excluding carboxylic acids is 2. The molecule has 4 aromatic rings. The largest absolute Gasteiger partial charge is 0.469 e. The van der Waals surface area contributed by atoms with E-state index in [1.54, 1.807) is 36.4 Å². The van der Waals surface area contributed by atoms with Crippen LogP contribution in [0.1, 0.15) is 49.9 Å². The third-order valence-electron chi connectivity index (χ3n) is 6.59. The van der Waals surface area contributed by atoms with Crippen molar-refractivity contribution in [3.63, 3.8) is 0 Å². The van der Waals surface area contributed by atoms with Gasteiger partial charge in [-0.25, -0.2) is 4.98 Å². The zero-order valence-corrected chi connectivity index (χ0v) is 22.1. The molecule has 8 heteroatoms. The highest BCUT2D eigenvalue weighted by Crippen LogP contribution is 2.28. The van der Waals surface area contributed by atoms with Crippen LogP contribution in [0.3, 0.4) is 0 Å². The minimum Gasteiger partial charge on any atom is -0.469 e. The lowest BCUT2D eigenvalue weighted by Gasteiger charge is -2.25. The van der Waals surface area contributed by atoms with Crippen LogP contribution in [0.2, 0.25) is 0 Å². The van der Waals surface area contributed by atoms with E-state index in [9.17, 15) is 19.6 Å². The number of carbonyl (C=O) groups is 2. The number of amides is 1. The number of nitrogens with one attached hydrogen (secondary N) is 1. The maximum absolute atomic E-state index is 13.8.